The molecule has 84 valence electrons. The maximum Gasteiger partial charge on any atom is 0.0872 e. The van der Waals surface area contributed by atoms with Crippen LogP contribution in [0.5, 0.6) is 0 Å². The number of fused-ring (bicyclic) bond motifs is 1. The first-order chi connectivity index (χ1) is 8.40. The molecule has 2 nitrogen and oxygen atoms in total. The molecule has 3 rings (SSSR count). The lowest BCUT2D eigenvalue weighted by Crippen LogP contribution is -1.92. The molecule has 0 atom stereocenters. The van der Waals surface area contributed by atoms with E-state index in [2.05, 4.69) is 52.8 Å². The van der Waals surface area contributed by atoms with Gasteiger partial charge in [0.05, 0.1) is 11.4 Å². The average molecular weight is 222 g/mol. The second kappa shape index (κ2) is 4.06. The lowest BCUT2D eigenvalue weighted by molar-refractivity contribution is 1.10. The number of rotatable bonds is 2. The van der Waals surface area contributed by atoms with Crippen molar-refractivity contribution in [2.45, 2.75) is 13.3 Å². The third-order valence-corrected chi connectivity index (χ3v) is 3.05. The van der Waals surface area contributed by atoms with Gasteiger partial charge in [-0.2, -0.15) is 0 Å². The molecule has 0 fully saturated rings. The lowest BCUT2D eigenvalue weighted by Gasteiger charge is -2.04. The summed E-state index contributed by atoms with van der Waals surface area (Å²) in [5.74, 6) is 0. The number of hydrogen-bond donors (Lipinski definition) is 0. The summed E-state index contributed by atoms with van der Waals surface area (Å²) in [7, 11) is 0. The van der Waals surface area contributed by atoms with Crippen LogP contribution in [0.3, 0.4) is 0 Å². The van der Waals surface area contributed by atoms with Gasteiger partial charge in [0.1, 0.15) is 0 Å². The molecule has 0 N–H and O–H groups in total. The normalized spacial score (nSPS) is 10.9. The van der Waals surface area contributed by atoms with Gasteiger partial charge in [0, 0.05) is 17.9 Å². The van der Waals surface area contributed by atoms with Crippen molar-refractivity contribution in [1.29, 1.82) is 0 Å². The van der Waals surface area contributed by atoms with Crippen molar-refractivity contribution in [3.63, 3.8) is 0 Å². The molecule has 0 saturated carbocycles. The van der Waals surface area contributed by atoms with Crippen LogP contribution in [0.25, 0.3) is 16.9 Å². The molecule has 0 radical (unpaired) electrons. The number of aromatic nitrogens is 2. The maximum absolute atomic E-state index is 4.46. The number of nitrogens with zero attached hydrogens (tertiary/aromatic N) is 2. The Bertz CT molecular complexity index is 638. The molecule has 3 heterocycles. The minimum atomic E-state index is 1.02. The molecule has 3 aromatic rings. The highest BCUT2D eigenvalue weighted by Crippen LogP contribution is 2.26. The Kier molecular flexibility index (Phi) is 2.41. The van der Waals surface area contributed by atoms with Crippen molar-refractivity contribution in [3.05, 3.63) is 60.4 Å². The number of hydrogen-bond acceptors (Lipinski definition) is 1. The van der Waals surface area contributed by atoms with E-state index in [1.165, 1.54) is 16.8 Å². The third-order valence-electron chi connectivity index (χ3n) is 3.05. The van der Waals surface area contributed by atoms with E-state index < -0.39 is 0 Å². The summed E-state index contributed by atoms with van der Waals surface area (Å²) >= 11 is 0. The molecule has 0 aliphatic heterocycles. The van der Waals surface area contributed by atoms with Crippen LogP contribution < -0.4 is 0 Å². The van der Waals surface area contributed by atoms with E-state index in [4.69, 9.17) is 0 Å². The van der Waals surface area contributed by atoms with Gasteiger partial charge in [-0.25, -0.2) is 0 Å². The van der Waals surface area contributed by atoms with Gasteiger partial charge in [-0.15, -0.1) is 0 Å². The predicted octanol–water partition coefficient (Wildman–Crippen LogP) is 3.56. The van der Waals surface area contributed by atoms with E-state index in [1.54, 1.807) is 0 Å². The highest BCUT2D eigenvalue weighted by atomic mass is 14.9. The van der Waals surface area contributed by atoms with E-state index in [0.29, 0.717) is 0 Å². The molecule has 0 bridgehead atoms. The fraction of sp³-hybridized carbons (Fsp3) is 0.133. The minimum Gasteiger partial charge on any atom is -0.315 e. The van der Waals surface area contributed by atoms with E-state index in [-0.39, 0.29) is 0 Å². The van der Waals surface area contributed by atoms with Crippen LogP contribution in [-0.2, 0) is 6.42 Å². The Morgan fingerprint density at radius 3 is 2.76 bits per heavy atom. The summed E-state index contributed by atoms with van der Waals surface area (Å²) in [5, 5.41) is 0. The number of pyridine rings is 2. The van der Waals surface area contributed by atoms with Crippen molar-refractivity contribution in [3.8, 4) is 11.4 Å². The first-order valence-electron chi connectivity index (χ1n) is 5.90. The Morgan fingerprint density at radius 1 is 1.12 bits per heavy atom. The van der Waals surface area contributed by atoms with Crippen LogP contribution in [-0.4, -0.2) is 9.38 Å². The second-order valence-corrected chi connectivity index (χ2v) is 4.08. The first kappa shape index (κ1) is 10.1. The van der Waals surface area contributed by atoms with Gasteiger partial charge in [-0.3, -0.25) is 4.98 Å². The van der Waals surface area contributed by atoms with Crippen LogP contribution in [0.15, 0.2) is 54.9 Å². The van der Waals surface area contributed by atoms with E-state index >= 15 is 0 Å². The molecule has 0 aromatic carbocycles. The molecular weight excluding hydrogens is 208 g/mol. The fourth-order valence-electron chi connectivity index (χ4n) is 2.24. The topological polar surface area (TPSA) is 17.3 Å². The Morgan fingerprint density at radius 2 is 2.00 bits per heavy atom. The summed E-state index contributed by atoms with van der Waals surface area (Å²) in [6, 6.07) is 14.5. The van der Waals surface area contributed by atoms with Gasteiger partial charge in [0.15, 0.2) is 0 Å². The van der Waals surface area contributed by atoms with Crippen molar-refractivity contribution in [2.24, 2.45) is 0 Å². The van der Waals surface area contributed by atoms with Gasteiger partial charge in [0.25, 0.3) is 0 Å². The first-order valence-corrected chi connectivity index (χ1v) is 5.90. The van der Waals surface area contributed by atoms with Crippen LogP contribution in [0.4, 0.5) is 0 Å². The molecule has 0 amide bonds. The summed E-state index contributed by atoms with van der Waals surface area (Å²) in [6.45, 7) is 2.18. The molecule has 2 heteroatoms. The molecule has 0 aliphatic carbocycles. The standard InChI is InChI=1S/C15H14N2/c1-2-12-11-13-7-4-6-10-17(13)15(12)14-8-3-5-9-16-14/h3-11H,2H2,1H3. The fourth-order valence-corrected chi connectivity index (χ4v) is 2.24. The molecule has 0 aliphatic rings. The Hall–Kier alpha value is -2.09. The van der Waals surface area contributed by atoms with Crippen molar-refractivity contribution >= 4 is 5.52 Å². The Balaban J connectivity index is 2.34. The molecule has 0 spiro atoms. The molecule has 0 saturated heterocycles. The third kappa shape index (κ3) is 1.62. The monoisotopic (exact) mass is 222 g/mol. The SMILES string of the molecule is CCc1cc2ccccn2c1-c1ccccn1. The summed E-state index contributed by atoms with van der Waals surface area (Å²) < 4.78 is 2.21. The van der Waals surface area contributed by atoms with Crippen LogP contribution >= 0.6 is 0 Å². The van der Waals surface area contributed by atoms with Gasteiger partial charge in [0.2, 0.25) is 0 Å². The van der Waals surface area contributed by atoms with Gasteiger partial charge in [-0.1, -0.05) is 19.1 Å². The van der Waals surface area contributed by atoms with E-state index in [9.17, 15) is 0 Å². The predicted molar refractivity (Wildman–Crippen MR) is 70.0 cm³/mol. The van der Waals surface area contributed by atoms with Crippen molar-refractivity contribution in [2.75, 3.05) is 0 Å². The van der Waals surface area contributed by atoms with Crippen LogP contribution in [0.2, 0.25) is 0 Å². The van der Waals surface area contributed by atoms with Crippen LogP contribution in [0.1, 0.15) is 12.5 Å². The van der Waals surface area contributed by atoms with Gasteiger partial charge >= 0.3 is 0 Å². The highest BCUT2D eigenvalue weighted by Gasteiger charge is 2.10. The molecule has 3 aromatic heterocycles. The summed E-state index contributed by atoms with van der Waals surface area (Å²) in [6.07, 6.45) is 4.96. The number of aryl methyl sites for hydroxylation is 1. The second-order valence-electron chi connectivity index (χ2n) is 4.08. The zero-order valence-corrected chi connectivity index (χ0v) is 9.80. The van der Waals surface area contributed by atoms with Gasteiger partial charge in [-0.05, 0) is 42.3 Å². The van der Waals surface area contributed by atoms with Gasteiger partial charge < -0.3 is 4.40 Å². The summed E-state index contributed by atoms with van der Waals surface area (Å²) in [5.41, 5.74) is 4.82. The quantitative estimate of drug-likeness (QED) is 0.648. The van der Waals surface area contributed by atoms with E-state index in [0.717, 1.165) is 12.1 Å². The molecular formula is C15H14N2. The lowest BCUT2D eigenvalue weighted by atomic mass is 10.1. The minimum absolute atomic E-state index is 1.02. The maximum atomic E-state index is 4.46. The molecule has 17 heavy (non-hydrogen) atoms. The van der Waals surface area contributed by atoms with Crippen LogP contribution in [0, 0.1) is 0 Å². The summed E-state index contributed by atoms with van der Waals surface area (Å²) in [4.78, 5) is 4.46. The molecule has 0 unspecified atom stereocenters. The zero-order chi connectivity index (χ0) is 11.7. The Labute approximate surface area is 101 Å². The van der Waals surface area contributed by atoms with E-state index in [1.807, 2.05) is 18.3 Å². The smallest absolute Gasteiger partial charge is 0.0872 e. The van der Waals surface area contributed by atoms with Crippen molar-refractivity contribution < 1.29 is 0 Å². The highest BCUT2D eigenvalue weighted by molar-refractivity contribution is 5.69. The largest absolute Gasteiger partial charge is 0.315 e. The van der Waals surface area contributed by atoms with Crippen molar-refractivity contribution in [1.82, 2.24) is 9.38 Å². The average Bonchev–Trinajstić information content (AvgIpc) is 2.78. The zero-order valence-electron chi connectivity index (χ0n) is 9.80.